The highest BCUT2D eigenvalue weighted by atomic mass is 32.2. The molecule has 1 atom stereocenters. The molecule has 6 heteroatoms. The largest absolute Gasteiger partial charge is 0.465 e. The summed E-state index contributed by atoms with van der Waals surface area (Å²) in [6.45, 7) is 1.97. The lowest BCUT2D eigenvalue weighted by Gasteiger charge is -2.05. The van der Waals surface area contributed by atoms with Gasteiger partial charge in [-0.25, -0.2) is 9.00 Å². The molecule has 22 heavy (non-hydrogen) atoms. The summed E-state index contributed by atoms with van der Waals surface area (Å²) in [5.41, 5.74) is 2.13. The topological polar surface area (TPSA) is 61.2 Å². The van der Waals surface area contributed by atoms with E-state index in [0.717, 1.165) is 5.56 Å². The van der Waals surface area contributed by atoms with E-state index in [0.29, 0.717) is 21.4 Å². The van der Waals surface area contributed by atoms with Crippen molar-refractivity contribution in [2.45, 2.75) is 11.8 Å². The minimum Gasteiger partial charge on any atom is -0.465 e. The van der Waals surface area contributed by atoms with Crippen LogP contribution in [0.4, 0.5) is 0 Å². The summed E-state index contributed by atoms with van der Waals surface area (Å²) in [5.74, 6) is -0.439. The summed E-state index contributed by atoms with van der Waals surface area (Å²) < 4.78 is 18.8. The molecule has 1 heterocycles. The van der Waals surface area contributed by atoms with Crippen LogP contribution in [0, 0.1) is 6.92 Å². The van der Waals surface area contributed by atoms with Gasteiger partial charge in [-0.15, -0.1) is 0 Å². The minimum absolute atomic E-state index is 0.409. The predicted molar refractivity (Wildman–Crippen MR) is 84.1 cm³/mol. The lowest BCUT2D eigenvalue weighted by molar-refractivity contribution is 0.0603. The van der Waals surface area contributed by atoms with Gasteiger partial charge in [0.1, 0.15) is 0 Å². The average molecular weight is 314 g/mol. The molecule has 0 saturated heterocycles. The standard InChI is InChI=1S/C16H14N2O3S/c1-11-6-8-12(9-7-11)22(20)18-15-5-3-4-13(16(19)21-2)14(15)10-17-18/h3-10H,1-2H3. The number of hydrogen-bond acceptors (Lipinski definition) is 4. The van der Waals surface area contributed by atoms with Crippen LogP contribution in [0.2, 0.25) is 0 Å². The predicted octanol–water partition coefficient (Wildman–Crippen LogP) is 2.70. The van der Waals surface area contributed by atoms with Crippen LogP contribution >= 0.6 is 0 Å². The van der Waals surface area contributed by atoms with E-state index in [4.69, 9.17) is 4.74 Å². The fourth-order valence-electron chi connectivity index (χ4n) is 2.20. The van der Waals surface area contributed by atoms with Crippen molar-refractivity contribution in [3.8, 4) is 0 Å². The second kappa shape index (κ2) is 5.73. The van der Waals surface area contributed by atoms with Gasteiger partial charge in [0.25, 0.3) is 0 Å². The van der Waals surface area contributed by atoms with Gasteiger partial charge in [0.2, 0.25) is 0 Å². The van der Waals surface area contributed by atoms with Crippen LogP contribution < -0.4 is 0 Å². The first-order valence-electron chi connectivity index (χ1n) is 6.66. The Morgan fingerprint density at radius 2 is 1.91 bits per heavy atom. The number of nitrogens with zero attached hydrogens (tertiary/aromatic N) is 2. The fourth-order valence-corrected chi connectivity index (χ4v) is 3.24. The fraction of sp³-hybridized carbons (Fsp3) is 0.125. The first kappa shape index (κ1) is 14.5. The van der Waals surface area contributed by atoms with E-state index in [2.05, 4.69) is 5.10 Å². The first-order chi connectivity index (χ1) is 10.6. The Balaban J connectivity index is 2.10. The molecule has 112 valence electrons. The van der Waals surface area contributed by atoms with Crippen molar-refractivity contribution in [2.24, 2.45) is 0 Å². The molecular weight excluding hydrogens is 300 g/mol. The van der Waals surface area contributed by atoms with Gasteiger partial charge in [-0.05, 0) is 31.2 Å². The zero-order valence-electron chi connectivity index (χ0n) is 12.1. The molecular formula is C16H14N2O3S. The lowest BCUT2D eigenvalue weighted by atomic mass is 10.1. The molecule has 3 rings (SSSR count). The second-order valence-electron chi connectivity index (χ2n) is 4.81. The van der Waals surface area contributed by atoms with Gasteiger partial charge < -0.3 is 4.74 Å². The Kier molecular flexibility index (Phi) is 3.77. The number of carbonyl (C=O) groups is 1. The van der Waals surface area contributed by atoms with E-state index in [1.807, 2.05) is 31.2 Å². The Bertz CT molecular complexity index is 869. The molecule has 0 amide bonds. The van der Waals surface area contributed by atoms with Crippen LogP contribution in [0.5, 0.6) is 0 Å². The summed E-state index contributed by atoms with van der Waals surface area (Å²) in [5, 5.41) is 4.80. The van der Waals surface area contributed by atoms with Gasteiger partial charge in [0, 0.05) is 5.39 Å². The van der Waals surface area contributed by atoms with Crippen LogP contribution in [0.3, 0.4) is 0 Å². The van der Waals surface area contributed by atoms with Crippen LogP contribution in [0.15, 0.2) is 53.6 Å². The third-order valence-corrected chi connectivity index (χ3v) is 4.65. The van der Waals surface area contributed by atoms with Gasteiger partial charge in [-0.2, -0.15) is 9.19 Å². The number of aryl methyl sites for hydroxylation is 1. The summed E-state index contributed by atoms with van der Waals surface area (Å²) in [7, 11) is -0.139. The molecule has 0 aliphatic rings. The number of rotatable bonds is 3. The summed E-state index contributed by atoms with van der Waals surface area (Å²) in [6, 6.07) is 12.6. The zero-order chi connectivity index (χ0) is 15.7. The number of methoxy groups -OCH3 is 1. The molecule has 1 unspecified atom stereocenters. The Labute approximate surface area is 130 Å². The highest BCUT2D eigenvalue weighted by Gasteiger charge is 2.16. The molecule has 0 fully saturated rings. The highest BCUT2D eigenvalue weighted by Crippen LogP contribution is 2.22. The lowest BCUT2D eigenvalue weighted by Crippen LogP contribution is -2.07. The van der Waals surface area contributed by atoms with E-state index in [1.54, 1.807) is 18.2 Å². The van der Waals surface area contributed by atoms with Crippen molar-refractivity contribution in [3.63, 3.8) is 0 Å². The second-order valence-corrected chi connectivity index (χ2v) is 6.13. The van der Waals surface area contributed by atoms with Gasteiger partial charge >= 0.3 is 5.97 Å². The van der Waals surface area contributed by atoms with Gasteiger partial charge in [0.15, 0.2) is 11.0 Å². The molecule has 0 radical (unpaired) electrons. The molecule has 2 aromatic carbocycles. The maximum Gasteiger partial charge on any atom is 0.338 e. The number of esters is 1. The van der Waals surface area contributed by atoms with E-state index in [1.165, 1.54) is 17.4 Å². The van der Waals surface area contributed by atoms with Gasteiger partial charge in [-0.1, -0.05) is 23.8 Å². The SMILES string of the molecule is COC(=O)c1cccc2c1cnn2S(=O)c1ccc(C)cc1. The quantitative estimate of drug-likeness (QED) is 0.697. The Morgan fingerprint density at radius 1 is 1.18 bits per heavy atom. The smallest absolute Gasteiger partial charge is 0.338 e. The average Bonchev–Trinajstić information content (AvgIpc) is 2.98. The molecule has 0 bridgehead atoms. The van der Waals surface area contributed by atoms with Crippen molar-refractivity contribution < 1.29 is 13.7 Å². The molecule has 3 aromatic rings. The number of hydrogen-bond donors (Lipinski definition) is 0. The number of aromatic nitrogens is 2. The monoisotopic (exact) mass is 314 g/mol. The number of fused-ring (bicyclic) bond motifs is 1. The van der Waals surface area contributed by atoms with Crippen LogP contribution in [0.1, 0.15) is 15.9 Å². The van der Waals surface area contributed by atoms with Gasteiger partial charge in [-0.3, -0.25) is 0 Å². The maximum atomic E-state index is 12.7. The van der Waals surface area contributed by atoms with Crippen molar-refractivity contribution in [1.82, 2.24) is 9.19 Å². The van der Waals surface area contributed by atoms with Gasteiger partial charge in [0.05, 0.1) is 29.3 Å². The van der Waals surface area contributed by atoms with Crippen LogP contribution in [-0.4, -0.2) is 26.5 Å². The van der Waals surface area contributed by atoms with Crippen molar-refractivity contribution >= 4 is 27.9 Å². The van der Waals surface area contributed by atoms with Crippen molar-refractivity contribution in [2.75, 3.05) is 7.11 Å². The highest BCUT2D eigenvalue weighted by molar-refractivity contribution is 7.83. The molecule has 5 nitrogen and oxygen atoms in total. The normalized spacial score (nSPS) is 12.3. The molecule has 0 spiro atoms. The van der Waals surface area contributed by atoms with E-state index in [9.17, 15) is 9.00 Å². The van der Waals surface area contributed by atoms with Crippen LogP contribution in [0.25, 0.3) is 10.9 Å². The summed E-state index contributed by atoms with van der Waals surface area (Å²) >= 11 is 0. The van der Waals surface area contributed by atoms with E-state index >= 15 is 0 Å². The summed E-state index contributed by atoms with van der Waals surface area (Å²) in [4.78, 5) is 12.4. The van der Waals surface area contributed by atoms with E-state index in [-0.39, 0.29) is 0 Å². The summed E-state index contributed by atoms with van der Waals surface area (Å²) in [6.07, 6.45) is 1.54. The Hall–Kier alpha value is -2.47. The third kappa shape index (κ3) is 2.42. The zero-order valence-corrected chi connectivity index (χ0v) is 13.0. The van der Waals surface area contributed by atoms with Crippen molar-refractivity contribution in [1.29, 1.82) is 0 Å². The number of ether oxygens (including phenoxy) is 1. The first-order valence-corrected chi connectivity index (χ1v) is 7.76. The molecule has 1 aromatic heterocycles. The maximum absolute atomic E-state index is 12.7. The Morgan fingerprint density at radius 3 is 2.59 bits per heavy atom. The molecule has 0 aliphatic heterocycles. The molecule has 0 aliphatic carbocycles. The molecule has 0 saturated carbocycles. The molecule has 0 N–H and O–H groups in total. The van der Waals surface area contributed by atoms with Crippen LogP contribution in [-0.2, 0) is 15.7 Å². The minimum atomic E-state index is -1.47. The van der Waals surface area contributed by atoms with Crippen molar-refractivity contribution in [3.05, 3.63) is 59.8 Å². The van der Waals surface area contributed by atoms with E-state index < -0.39 is 17.0 Å². The number of carbonyl (C=O) groups excluding carboxylic acids is 1. The number of benzene rings is 2. The third-order valence-electron chi connectivity index (χ3n) is 3.37.